The molecule has 2 N–H and O–H groups in total. The number of rotatable bonds is 2. The maximum atomic E-state index is 12.8. The van der Waals surface area contributed by atoms with Crippen molar-refractivity contribution < 1.29 is 13.2 Å². The van der Waals surface area contributed by atoms with Gasteiger partial charge < -0.3 is 5.73 Å². The van der Waals surface area contributed by atoms with Gasteiger partial charge in [-0.1, -0.05) is 15.9 Å². The second kappa shape index (κ2) is 4.33. The summed E-state index contributed by atoms with van der Waals surface area (Å²) in [4.78, 5) is 3.88. The van der Waals surface area contributed by atoms with Crippen LogP contribution in [-0.4, -0.2) is 5.84 Å². The Bertz CT molecular complexity index is 464. The lowest BCUT2D eigenvalue weighted by Gasteiger charge is -2.10. The molecule has 1 aliphatic rings. The summed E-state index contributed by atoms with van der Waals surface area (Å²) in [6, 6.07) is 3.86. The summed E-state index contributed by atoms with van der Waals surface area (Å²) in [6.07, 6.45) is -2.60. The van der Waals surface area contributed by atoms with Crippen molar-refractivity contribution in [2.24, 2.45) is 16.6 Å². The molecule has 0 atom stereocenters. The maximum absolute atomic E-state index is 12.8. The van der Waals surface area contributed by atoms with Gasteiger partial charge in [-0.2, -0.15) is 13.2 Å². The monoisotopic (exact) mass is 306 g/mol. The van der Waals surface area contributed by atoms with Crippen LogP contribution in [0.2, 0.25) is 0 Å². The first-order valence-electron chi connectivity index (χ1n) is 5.09. The van der Waals surface area contributed by atoms with E-state index in [1.54, 1.807) is 0 Å². The van der Waals surface area contributed by atoms with Gasteiger partial charge in [-0.15, -0.1) is 0 Å². The first-order valence-corrected chi connectivity index (χ1v) is 5.88. The summed E-state index contributed by atoms with van der Waals surface area (Å²) in [7, 11) is 0. The van der Waals surface area contributed by atoms with E-state index >= 15 is 0 Å². The van der Waals surface area contributed by atoms with Crippen LogP contribution in [-0.2, 0) is 6.18 Å². The Kier molecular flexibility index (Phi) is 3.16. The number of benzene rings is 1. The quantitative estimate of drug-likeness (QED) is 0.654. The molecule has 1 fully saturated rings. The fourth-order valence-corrected chi connectivity index (χ4v) is 1.80. The average Bonchev–Trinajstić information content (AvgIpc) is 3.02. The van der Waals surface area contributed by atoms with Gasteiger partial charge in [-0.3, -0.25) is 0 Å². The number of nitrogens with zero attached hydrogens (tertiary/aromatic N) is 1. The molecule has 0 amide bonds. The Morgan fingerprint density at radius 3 is 2.53 bits per heavy atom. The number of nitrogens with two attached hydrogens (primary N) is 1. The molecular formula is C11H10BrF3N2. The smallest absolute Gasteiger partial charge is 0.387 e. The molecular weight excluding hydrogens is 297 g/mol. The number of aliphatic imine (C=N–C) groups is 1. The zero-order chi connectivity index (χ0) is 12.6. The molecule has 0 unspecified atom stereocenters. The standard InChI is InChI=1S/C11H10BrF3N2/c12-7-3-4-9(8(5-7)11(13,14)15)17-10(16)6-1-2-6/h3-6H,1-2H2,(H2,16,17). The number of alkyl halides is 3. The molecule has 1 aromatic rings. The Morgan fingerprint density at radius 2 is 2.00 bits per heavy atom. The fourth-order valence-electron chi connectivity index (χ4n) is 1.44. The Morgan fingerprint density at radius 1 is 1.35 bits per heavy atom. The zero-order valence-corrected chi connectivity index (χ0v) is 10.3. The first kappa shape index (κ1) is 12.4. The fraction of sp³-hybridized carbons (Fsp3) is 0.364. The molecule has 6 heteroatoms. The summed E-state index contributed by atoms with van der Waals surface area (Å²) in [5.41, 5.74) is 4.74. The predicted octanol–water partition coefficient (Wildman–Crippen LogP) is 3.87. The molecule has 1 aliphatic carbocycles. The predicted molar refractivity (Wildman–Crippen MR) is 63.2 cm³/mol. The van der Waals surface area contributed by atoms with Crippen LogP contribution in [0.4, 0.5) is 18.9 Å². The Labute approximate surface area is 105 Å². The molecule has 0 aromatic heterocycles. The van der Waals surface area contributed by atoms with Crippen molar-refractivity contribution in [1.29, 1.82) is 0 Å². The van der Waals surface area contributed by atoms with Gasteiger partial charge in [0.1, 0.15) is 5.84 Å². The van der Waals surface area contributed by atoms with Crippen molar-refractivity contribution >= 4 is 27.5 Å². The van der Waals surface area contributed by atoms with E-state index in [9.17, 15) is 13.2 Å². The molecule has 1 aromatic carbocycles. The van der Waals surface area contributed by atoms with Gasteiger partial charge in [0.25, 0.3) is 0 Å². The summed E-state index contributed by atoms with van der Waals surface area (Å²) < 4.78 is 38.7. The Hall–Kier alpha value is -1.04. The van der Waals surface area contributed by atoms with Gasteiger partial charge in [0, 0.05) is 10.4 Å². The minimum absolute atomic E-state index is 0.120. The molecule has 0 aliphatic heterocycles. The molecule has 0 radical (unpaired) electrons. The summed E-state index contributed by atoms with van der Waals surface area (Å²) in [5, 5.41) is 0. The highest BCUT2D eigenvalue weighted by molar-refractivity contribution is 9.10. The van der Waals surface area contributed by atoms with Gasteiger partial charge in [-0.05, 0) is 31.0 Å². The first-order chi connectivity index (χ1) is 7.88. The molecule has 1 saturated carbocycles. The average molecular weight is 307 g/mol. The topological polar surface area (TPSA) is 38.4 Å². The molecule has 0 bridgehead atoms. The second-order valence-electron chi connectivity index (χ2n) is 3.97. The normalized spacial score (nSPS) is 17.3. The van der Waals surface area contributed by atoms with Crippen molar-refractivity contribution in [3.8, 4) is 0 Å². The van der Waals surface area contributed by atoms with Crippen LogP contribution >= 0.6 is 15.9 Å². The van der Waals surface area contributed by atoms with Crippen molar-refractivity contribution in [3.63, 3.8) is 0 Å². The molecule has 2 rings (SSSR count). The molecule has 2 nitrogen and oxygen atoms in total. The molecule has 0 heterocycles. The van der Waals surface area contributed by atoms with Crippen molar-refractivity contribution in [2.75, 3.05) is 0 Å². The SMILES string of the molecule is NC(=Nc1ccc(Br)cc1C(F)(F)F)C1CC1. The largest absolute Gasteiger partial charge is 0.418 e. The van der Waals surface area contributed by atoms with Crippen LogP contribution in [0.5, 0.6) is 0 Å². The van der Waals surface area contributed by atoms with Gasteiger partial charge in [0.15, 0.2) is 0 Å². The van der Waals surface area contributed by atoms with E-state index in [1.165, 1.54) is 12.1 Å². The number of hydrogen-bond donors (Lipinski definition) is 1. The van der Waals surface area contributed by atoms with E-state index in [1.807, 2.05) is 0 Å². The lowest BCUT2D eigenvalue weighted by molar-refractivity contribution is -0.137. The van der Waals surface area contributed by atoms with Gasteiger partial charge in [-0.25, -0.2) is 4.99 Å². The van der Waals surface area contributed by atoms with Crippen molar-refractivity contribution in [3.05, 3.63) is 28.2 Å². The van der Waals surface area contributed by atoms with Gasteiger partial charge in [0.2, 0.25) is 0 Å². The van der Waals surface area contributed by atoms with E-state index < -0.39 is 11.7 Å². The van der Waals surface area contributed by atoms with E-state index in [4.69, 9.17) is 5.73 Å². The minimum atomic E-state index is -4.42. The highest BCUT2D eigenvalue weighted by atomic mass is 79.9. The molecule has 92 valence electrons. The lowest BCUT2D eigenvalue weighted by atomic mass is 10.1. The lowest BCUT2D eigenvalue weighted by Crippen LogP contribution is -2.14. The third-order valence-corrected chi connectivity index (χ3v) is 3.00. The highest BCUT2D eigenvalue weighted by Crippen LogP contribution is 2.39. The summed E-state index contributed by atoms with van der Waals surface area (Å²) in [5.74, 6) is 0.442. The maximum Gasteiger partial charge on any atom is 0.418 e. The van der Waals surface area contributed by atoms with Crippen LogP contribution < -0.4 is 5.73 Å². The number of amidine groups is 1. The number of hydrogen-bond acceptors (Lipinski definition) is 1. The molecule has 17 heavy (non-hydrogen) atoms. The molecule has 0 spiro atoms. The van der Waals surface area contributed by atoms with Crippen LogP contribution in [0, 0.1) is 5.92 Å². The van der Waals surface area contributed by atoms with E-state index in [0.717, 1.165) is 18.9 Å². The zero-order valence-electron chi connectivity index (χ0n) is 8.76. The molecule has 0 saturated heterocycles. The van der Waals surface area contributed by atoms with Gasteiger partial charge in [0.05, 0.1) is 11.3 Å². The summed E-state index contributed by atoms with van der Waals surface area (Å²) in [6.45, 7) is 0. The highest BCUT2D eigenvalue weighted by Gasteiger charge is 2.34. The van der Waals surface area contributed by atoms with E-state index in [2.05, 4.69) is 20.9 Å². The van der Waals surface area contributed by atoms with Crippen LogP contribution in [0.1, 0.15) is 18.4 Å². The summed E-state index contributed by atoms with van der Waals surface area (Å²) >= 11 is 3.02. The van der Waals surface area contributed by atoms with Crippen molar-refractivity contribution in [1.82, 2.24) is 0 Å². The Balaban J connectivity index is 2.42. The third kappa shape index (κ3) is 3.00. The van der Waals surface area contributed by atoms with Crippen LogP contribution in [0.3, 0.4) is 0 Å². The minimum Gasteiger partial charge on any atom is -0.387 e. The number of halogens is 4. The third-order valence-electron chi connectivity index (χ3n) is 2.51. The van der Waals surface area contributed by atoms with Crippen molar-refractivity contribution in [2.45, 2.75) is 19.0 Å². The second-order valence-corrected chi connectivity index (χ2v) is 4.89. The van der Waals surface area contributed by atoms with E-state index in [-0.39, 0.29) is 17.4 Å². The van der Waals surface area contributed by atoms with E-state index in [0.29, 0.717) is 4.47 Å². The van der Waals surface area contributed by atoms with Gasteiger partial charge >= 0.3 is 6.18 Å². The van der Waals surface area contributed by atoms with Crippen LogP contribution in [0.25, 0.3) is 0 Å². The van der Waals surface area contributed by atoms with Crippen LogP contribution in [0.15, 0.2) is 27.7 Å².